The molecule has 1 saturated carbocycles. The van der Waals surface area contributed by atoms with Gasteiger partial charge in [-0.15, -0.1) is 0 Å². The van der Waals surface area contributed by atoms with Gasteiger partial charge >= 0.3 is 6.18 Å². The highest BCUT2D eigenvalue weighted by Gasteiger charge is 2.41. The van der Waals surface area contributed by atoms with Crippen LogP contribution in [0.15, 0.2) is 0 Å². The topological polar surface area (TPSA) is 21.3 Å². The zero-order valence-corrected chi connectivity index (χ0v) is 9.93. The molecule has 0 aromatic heterocycles. The van der Waals surface area contributed by atoms with Crippen molar-refractivity contribution in [2.24, 2.45) is 11.8 Å². The van der Waals surface area contributed by atoms with Crippen LogP contribution >= 0.6 is 0 Å². The van der Waals surface area contributed by atoms with Crippen molar-refractivity contribution in [2.75, 3.05) is 19.8 Å². The van der Waals surface area contributed by atoms with Crippen molar-refractivity contribution in [3.63, 3.8) is 0 Å². The van der Waals surface area contributed by atoms with Crippen LogP contribution in [0.4, 0.5) is 13.2 Å². The first-order valence-electron chi connectivity index (χ1n) is 6.43. The fourth-order valence-corrected chi connectivity index (χ4v) is 2.70. The van der Waals surface area contributed by atoms with E-state index in [9.17, 15) is 13.2 Å². The zero-order valence-electron chi connectivity index (χ0n) is 9.93. The average molecular weight is 251 g/mol. The minimum Gasteiger partial charge on any atom is -0.381 e. The summed E-state index contributed by atoms with van der Waals surface area (Å²) in [5, 5.41) is 3.39. The molecule has 0 aromatic carbocycles. The summed E-state index contributed by atoms with van der Waals surface area (Å²) < 4.78 is 42.7. The second-order valence-corrected chi connectivity index (χ2v) is 5.23. The van der Waals surface area contributed by atoms with Crippen molar-refractivity contribution in [3.8, 4) is 0 Å². The van der Waals surface area contributed by atoms with Crippen LogP contribution in [0.2, 0.25) is 0 Å². The van der Waals surface area contributed by atoms with Crippen LogP contribution in [0.3, 0.4) is 0 Å². The molecule has 2 nitrogen and oxygen atoms in total. The van der Waals surface area contributed by atoms with E-state index >= 15 is 0 Å². The molecule has 1 aliphatic heterocycles. The van der Waals surface area contributed by atoms with E-state index in [2.05, 4.69) is 5.32 Å². The van der Waals surface area contributed by atoms with Crippen LogP contribution in [-0.4, -0.2) is 32.0 Å². The van der Waals surface area contributed by atoms with Crippen molar-refractivity contribution < 1.29 is 17.9 Å². The van der Waals surface area contributed by atoms with E-state index in [1.54, 1.807) is 0 Å². The van der Waals surface area contributed by atoms with E-state index in [1.807, 2.05) is 0 Å². The molecule has 1 aliphatic carbocycles. The summed E-state index contributed by atoms with van der Waals surface area (Å²) in [7, 11) is 0. The third kappa shape index (κ3) is 3.85. The highest BCUT2D eigenvalue weighted by molar-refractivity contribution is 4.81. The molecule has 1 unspecified atom stereocenters. The Morgan fingerprint density at radius 2 is 1.76 bits per heavy atom. The Morgan fingerprint density at radius 1 is 1.06 bits per heavy atom. The van der Waals surface area contributed by atoms with Gasteiger partial charge in [-0.25, -0.2) is 0 Å². The number of hydrogen-bond acceptors (Lipinski definition) is 2. The molecule has 2 rings (SSSR count). The molecular formula is C12H20F3NO. The minimum absolute atomic E-state index is 0.272. The van der Waals surface area contributed by atoms with Gasteiger partial charge in [0.25, 0.3) is 0 Å². The summed E-state index contributed by atoms with van der Waals surface area (Å²) in [6.45, 7) is 2.51. The molecule has 5 heteroatoms. The Morgan fingerprint density at radius 3 is 2.29 bits per heavy atom. The molecule has 1 heterocycles. The Hall–Kier alpha value is -0.290. The second kappa shape index (κ2) is 5.57. The van der Waals surface area contributed by atoms with Crippen molar-refractivity contribution in [3.05, 3.63) is 0 Å². The quantitative estimate of drug-likeness (QED) is 0.832. The van der Waals surface area contributed by atoms with Gasteiger partial charge in [0, 0.05) is 19.2 Å². The van der Waals surface area contributed by atoms with Crippen LogP contribution in [0.25, 0.3) is 0 Å². The van der Waals surface area contributed by atoms with Gasteiger partial charge in [0.05, 0.1) is 12.5 Å². The van der Waals surface area contributed by atoms with Crippen LogP contribution < -0.4 is 5.32 Å². The molecule has 0 spiro atoms. The van der Waals surface area contributed by atoms with Crippen molar-refractivity contribution in [2.45, 2.75) is 44.3 Å². The number of hydrogen-bond donors (Lipinski definition) is 1. The molecule has 1 N–H and O–H groups in total. The van der Waals surface area contributed by atoms with Crippen LogP contribution in [-0.2, 0) is 4.74 Å². The molecule has 0 bridgehead atoms. The van der Waals surface area contributed by atoms with Gasteiger partial charge < -0.3 is 10.1 Å². The lowest BCUT2D eigenvalue weighted by atomic mass is 9.85. The van der Waals surface area contributed by atoms with Crippen molar-refractivity contribution in [1.29, 1.82) is 0 Å². The van der Waals surface area contributed by atoms with E-state index < -0.39 is 12.1 Å². The summed E-state index contributed by atoms with van der Waals surface area (Å²) in [4.78, 5) is 0. The third-order valence-corrected chi connectivity index (χ3v) is 3.91. The van der Waals surface area contributed by atoms with E-state index in [4.69, 9.17) is 4.74 Å². The molecular weight excluding hydrogens is 231 g/mol. The number of alkyl halides is 3. The highest BCUT2D eigenvalue weighted by Crippen LogP contribution is 2.37. The lowest BCUT2D eigenvalue weighted by molar-refractivity contribution is -0.182. The van der Waals surface area contributed by atoms with Gasteiger partial charge in [0.1, 0.15) is 0 Å². The Labute approximate surface area is 99.9 Å². The van der Waals surface area contributed by atoms with Crippen LogP contribution in [0, 0.1) is 11.8 Å². The normalized spacial score (nSPS) is 35.1. The van der Waals surface area contributed by atoms with Gasteiger partial charge in [-0.1, -0.05) is 0 Å². The first-order valence-corrected chi connectivity index (χ1v) is 6.43. The maximum Gasteiger partial charge on any atom is 0.391 e. The number of nitrogens with one attached hydrogen (secondary N) is 1. The Balaban J connectivity index is 1.65. The summed E-state index contributed by atoms with van der Waals surface area (Å²) in [6, 6.07) is 0.272. The fourth-order valence-electron chi connectivity index (χ4n) is 2.70. The SMILES string of the molecule is FC(F)(F)C1CCC(NCC2CCOC2)CC1. The first kappa shape index (κ1) is 13.1. The summed E-state index contributed by atoms with van der Waals surface area (Å²) in [5.41, 5.74) is 0. The summed E-state index contributed by atoms with van der Waals surface area (Å²) in [6.07, 6.45) is -1.06. The molecule has 0 aromatic rings. The van der Waals surface area contributed by atoms with Gasteiger partial charge in [-0.2, -0.15) is 13.2 Å². The first-order chi connectivity index (χ1) is 8.05. The highest BCUT2D eigenvalue weighted by atomic mass is 19.4. The number of ether oxygens (including phenoxy) is 1. The minimum atomic E-state index is -4.00. The van der Waals surface area contributed by atoms with Gasteiger partial charge in [-0.05, 0) is 38.0 Å². The maximum absolute atomic E-state index is 12.5. The zero-order chi connectivity index (χ0) is 12.3. The molecule has 17 heavy (non-hydrogen) atoms. The smallest absolute Gasteiger partial charge is 0.381 e. The second-order valence-electron chi connectivity index (χ2n) is 5.23. The van der Waals surface area contributed by atoms with E-state index in [0.717, 1.165) is 26.2 Å². The largest absolute Gasteiger partial charge is 0.391 e. The third-order valence-electron chi connectivity index (χ3n) is 3.91. The van der Waals surface area contributed by atoms with E-state index in [-0.39, 0.29) is 18.9 Å². The van der Waals surface area contributed by atoms with E-state index in [1.165, 1.54) is 0 Å². The molecule has 2 fully saturated rings. The monoisotopic (exact) mass is 251 g/mol. The number of halogens is 3. The van der Waals surface area contributed by atoms with Crippen molar-refractivity contribution in [1.82, 2.24) is 5.32 Å². The van der Waals surface area contributed by atoms with Crippen molar-refractivity contribution >= 4 is 0 Å². The number of rotatable bonds is 3. The fraction of sp³-hybridized carbons (Fsp3) is 1.00. The molecule has 0 radical (unpaired) electrons. The summed E-state index contributed by atoms with van der Waals surface area (Å²) in [5.74, 6) is -0.522. The Kier molecular flexibility index (Phi) is 4.31. The van der Waals surface area contributed by atoms with Gasteiger partial charge in [0.2, 0.25) is 0 Å². The average Bonchev–Trinajstić information content (AvgIpc) is 2.78. The van der Waals surface area contributed by atoms with Gasteiger partial charge in [0.15, 0.2) is 0 Å². The standard InChI is InChI=1S/C12H20F3NO/c13-12(14,15)10-1-3-11(4-2-10)16-7-9-5-6-17-8-9/h9-11,16H,1-8H2. The van der Waals surface area contributed by atoms with Crippen LogP contribution in [0.1, 0.15) is 32.1 Å². The lowest BCUT2D eigenvalue weighted by Gasteiger charge is -2.30. The maximum atomic E-state index is 12.5. The lowest BCUT2D eigenvalue weighted by Crippen LogP contribution is -2.39. The van der Waals surface area contributed by atoms with Gasteiger partial charge in [-0.3, -0.25) is 0 Å². The predicted molar refractivity (Wildman–Crippen MR) is 58.7 cm³/mol. The molecule has 0 amide bonds. The molecule has 1 saturated heterocycles. The Bertz CT molecular complexity index is 230. The van der Waals surface area contributed by atoms with E-state index in [0.29, 0.717) is 18.8 Å². The molecule has 100 valence electrons. The predicted octanol–water partition coefficient (Wildman–Crippen LogP) is 2.73. The van der Waals surface area contributed by atoms with Crippen LogP contribution in [0.5, 0.6) is 0 Å². The summed E-state index contributed by atoms with van der Waals surface area (Å²) >= 11 is 0. The molecule has 2 aliphatic rings. The molecule has 1 atom stereocenters.